The lowest BCUT2D eigenvalue weighted by Crippen LogP contribution is -2.17. The monoisotopic (exact) mass is 284 g/mol. The number of carboxylic acid groups (broad SMARTS) is 1. The van der Waals surface area contributed by atoms with Crippen molar-refractivity contribution >= 4 is 34.2 Å². The van der Waals surface area contributed by atoms with Crippen LogP contribution in [0.3, 0.4) is 0 Å². The fourth-order valence-corrected chi connectivity index (χ4v) is 4.13. The number of carboxylic acids is 1. The van der Waals surface area contributed by atoms with Crippen LogP contribution in [0, 0.1) is 0 Å². The van der Waals surface area contributed by atoms with Crippen LogP contribution in [0.4, 0.5) is 5.13 Å². The molecule has 2 aliphatic carbocycles. The Hall–Kier alpha value is -0.750. The van der Waals surface area contributed by atoms with E-state index in [1.807, 2.05) is 11.8 Å². The molecule has 0 bridgehead atoms. The van der Waals surface area contributed by atoms with E-state index < -0.39 is 5.97 Å². The van der Waals surface area contributed by atoms with Gasteiger partial charge in [-0.1, -0.05) is 0 Å². The molecule has 1 aromatic rings. The van der Waals surface area contributed by atoms with Gasteiger partial charge in [0, 0.05) is 16.2 Å². The number of thiazole rings is 1. The predicted octanol–water partition coefficient (Wildman–Crippen LogP) is 2.57. The average Bonchev–Trinajstić information content (AvgIpc) is 2.84. The molecule has 1 atom stereocenters. The Kier molecular flexibility index (Phi) is 3.02. The molecule has 1 fully saturated rings. The van der Waals surface area contributed by atoms with E-state index in [4.69, 9.17) is 5.11 Å². The van der Waals surface area contributed by atoms with Crippen LogP contribution < -0.4 is 5.32 Å². The Labute approximate surface area is 114 Å². The molecule has 4 nitrogen and oxygen atoms in total. The quantitative estimate of drug-likeness (QED) is 0.870. The number of aliphatic carboxylic acids is 1. The first-order valence-electron chi connectivity index (χ1n) is 6.15. The molecule has 0 saturated heterocycles. The lowest BCUT2D eigenvalue weighted by atomic mass is 10.1. The zero-order valence-electron chi connectivity index (χ0n) is 10.2. The summed E-state index contributed by atoms with van der Waals surface area (Å²) in [5.74, 6) is -1.13. The molecule has 18 heavy (non-hydrogen) atoms. The average molecular weight is 284 g/mol. The van der Waals surface area contributed by atoms with Crippen molar-refractivity contribution in [2.24, 2.45) is 0 Å². The van der Waals surface area contributed by atoms with Crippen LogP contribution >= 0.6 is 23.1 Å². The molecule has 0 radical (unpaired) electrons. The highest BCUT2D eigenvalue weighted by molar-refractivity contribution is 8.00. The SMILES string of the molecule is CSC1(CNc2nc3c(s2)CCC3C(=O)O)CC1. The van der Waals surface area contributed by atoms with Crippen LogP contribution in [-0.4, -0.2) is 33.6 Å². The van der Waals surface area contributed by atoms with Gasteiger partial charge >= 0.3 is 5.97 Å². The van der Waals surface area contributed by atoms with Crippen molar-refractivity contribution in [3.05, 3.63) is 10.6 Å². The van der Waals surface area contributed by atoms with Crippen molar-refractivity contribution in [2.45, 2.75) is 36.3 Å². The summed E-state index contributed by atoms with van der Waals surface area (Å²) in [5, 5.41) is 13.4. The van der Waals surface area contributed by atoms with Gasteiger partial charge in [-0.15, -0.1) is 11.3 Å². The largest absolute Gasteiger partial charge is 0.481 e. The molecule has 1 aromatic heterocycles. The van der Waals surface area contributed by atoms with E-state index in [0.29, 0.717) is 11.2 Å². The number of hydrogen-bond donors (Lipinski definition) is 2. The molecular weight excluding hydrogens is 268 g/mol. The maximum Gasteiger partial charge on any atom is 0.312 e. The molecule has 98 valence electrons. The summed E-state index contributed by atoms with van der Waals surface area (Å²) >= 11 is 3.54. The molecule has 2 aliphatic rings. The number of aromatic nitrogens is 1. The summed E-state index contributed by atoms with van der Waals surface area (Å²) in [6.45, 7) is 0.943. The van der Waals surface area contributed by atoms with Gasteiger partial charge in [0.2, 0.25) is 0 Å². The second-order valence-electron chi connectivity index (χ2n) is 5.00. The summed E-state index contributed by atoms with van der Waals surface area (Å²) in [6.07, 6.45) is 6.25. The van der Waals surface area contributed by atoms with E-state index >= 15 is 0 Å². The summed E-state index contributed by atoms with van der Waals surface area (Å²) in [6, 6.07) is 0. The zero-order valence-corrected chi connectivity index (χ0v) is 11.9. The molecule has 6 heteroatoms. The first kappa shape index (κ1) is 12.3. The van der Waals surface area contributed by atoms with Crippen molar-refractivity contribution in [3.63, 3.8) is 0 Å². The number of anilines is 1. The summed E-state index contributed by atoms with van der Waals surface area (Å²) < 4.78 is 0.405. The second kappa shape index (κ2) is 4.42. The smallest absolute Gasteiger partial charge is 0.312 e. The third kappa shape index (κ3) is 2.12. The van der Waals surface area contributed by atoms with E-state index in [2.05, 4.69) is 16.6 Å². The van der Waals surface area contributed by atoms with E-state index in [9.17, 15) is 4.79 Å². The van der Waals surface area contributed by atoms with Crippen molar-refractivity contribution in [2.75, 3.05) is 18.1 Å². The first-order chi connectivity index (χ1) is 8.63. The standard InChI is InChI=1S/C12H16N2O2S2/c1-17-12(4-5-12)6-13-11-14-9-7(10(15)16)2-3-8(9)18-11/h7H,2-6H2,1H3,(H,13,14)(H,15,16). The van der Waals surface area contributed by atoms with Crippen LogP contribution in [0.1, 0.15) is 35.8 Å². The molecule has 1 saturated carbocycles. The zero-order chi connectivity index (χ0) is 12.8. The van der Waals surface area contributed by atoms with Gasteiger partial charge in [-0.2, -0.15) is 11.8 Å². The van der Waals surface area contributed by atoms with Gasteiger partial charge in [0.15, 0.2) is 5.13 Å². The Morgan fingerprint density at radius 3 is 3.06 bits per heavy atom. The maximum atomic E-state index is 11.1. The highest BCUT2D eigenvalue weighted by Crippen LogP contribution is 2.47. The van der Waals surface area contributed by atoms with E-state index in [1.54, 1.807) is 11.3 Å². The fourth-order valence-electron chi connectivity index (χ4n) is 2.37. The molecule has 3 rings (SSSR count). The molecule has 0 aliphatic heterocycles. The Morgan fingerprint density at radius 1 is 1.67 bits per heavy atom. The molecule has 0 aromatic carbocycles. The minimum Gasteiger partial charge on any atom is -0.481 e. The van der Waals surface area contributed by atoms with Crippen molar-refractivity contribution < 1.29 is 9.90 Å². The van der Waals surface area contributed by atoms with Crippen molar-refractivity contribution in [1.82, 2.24) is 4.98 Å². The van der Waals surface area contributed by atoms with Gasteiger partial charge in [-0.25, -0.2) is 4.98 Å². The van der Waals surface area contributed by atoms with Crippen LogP contribution in [-0.2, 0) is 11.2 Å². The molecule has 0 amide bonds. The third-order valence-electron chi connectivity index (χ3n) is 3.82. The number of nitrogens with one attached hydrogen (secondary N) is 1. The Morgan fingerprint density at radius 2 is 2.44 bits per heavy atom. The number of thioether (sulfide) groups is 1. The number of hydrogen-bond acceptors (Lipinski definition) is 5. The van der Waals surface area contributed by atoms with E-state index in [0.717, 1.165) is 28.7 Å². The van der Waals surface area contributed by atoms with Crippen LogP contribution in [0.25, 0.3) is 0 Å². The van der Waals surface area contributed by atoms with Gasteiger partial charge in [0.1, 0.15) is 5.92 Å². The van der Waals surface area contributed by atoms with E-state index in [-0.39, 0.29) is 5.92 Å². The lowest BCUT2D eigenvalue weighted by Gasteiger charge is -2.12. The van der Waals surface area contributed by atoms with Gasteiger partial charge in [-0.05, 0) is 31.9 Å². The number of rotatable bonds is 5. The first-order valence-corrected chi connectivity index (χ1v) is 8.19. The van der Waals surface area contributed by atoms with Crippen LogP contribution in [0.2, 0.25) is 0 Å². The number of carbonyl (C=O) groups is 1. The number of nitrogens with zero attached hydrogens (tertiary/aromatic N) is 1. The second-order valence-corrected chi connectivity index (χ2v) is 7.36. The molecule has 1 heterocycles. The third-order valence-corrected chi connectivity index (χ3v) is 6.33. The van der Waals surface area contributed by atoms with Gasteiger partial charge in [0.05, 0.1) is 5.69 Å². The molecule has 1 unspecified atom stereocenters. The highest BCUT2D eigenvalue weighted by atomic mass is 32.2. The molecule has 2 N–H and O–H groups in total. The predicted molar refractivity (Wildman–Crippen MR) is 74.8 cm³/mol. The number of fused-ring (bicyclic) bond motifs is 1. The van der Waals surface area contributed by atoms with Gasteiger partial charge < -0.3 is 10.4 Å². The fraction of sp³-hybridized carbons (Fsp3) is 0.667. The van der Waals surface area contributed by atoms with Crippen molar-refractivity contribution in [3.8, 4) is 0 Å². The summed E-state index contributed by atoms with van der Waals surface area (Å²) in [5.41, 5.74) is 0.795. The highest BCUT2D eigenvalue weighted by Gasteiger charge is 2.42. The molecule has 0 spiro atoms. The van der Waals surface area contributed by atoms with Crippen molar-refractivity contribution in [1.29, 1.82) is 0 Å². The summed E-state index contributed by atoms with van der Waals surface area (Å²) in [7, 11) is 0. The van der Waals surface area contributed by atoms with Crippen LogP contribution in [0.15, 0.2) is 0 Å². The molecular formula is C12H16N2O2S2. The lowest BCUT2D eigenvalue weighted by molar-refractivity contribution is -0.138. The number of aryl methyl sites for hydroxylation is 1. The summed E-state index contributed by atoms with van der Waals surface area (Å²) in [4.78, 5) is 16.7. The minimum absolute atomic E-state index is 0.387. The Balaban J connectivity index is 1.69. The van der Waals surface area contributed by atoms with Crippen LogP contribution in [0.5, 0.6) is 0 Å². The maximum absolute atomic E-state index is 11.1. The van der Waals surface area contributed by atoms with E-state index in [1.165, 1.54) is 12.8 Å². The van der Waals surface area contributed by atoms with Gasteiger partial charge in [0.25, 0.3) is 0 Å². The Bertz CT molecular complexity index is 482. The van der Waals surface area contributed by atoms with Gasteiger partial charge in [-0.3, -0.25) is 4.79 Å². The normalized spacial score (nSPS) is 23.7. The minimum atomic E-state index is -0.742. The topological polar surface area (TPSA) is 62.2 Å².